The Morgan fingerprint density at radius 1 is 1.25 bits per heavy atom. The lowest BCUT2D eigenvalue weighted by atomic mass is 10.1. The van der Waals surface area contributed by atoms with Crippen molar-refractivity contribution >= 4 is 28.8 Å². The van der Waals surface area contributed by atoms with Gasteiger partial charge in [-0.05, 0) is 29.1 Å². The van der Waals surface area contributed by atoms with Crippen LogP contribution >= 0.6 is 11.3 Å². The van der Waals surface area contributed by atoms with E-state index in [9.17, 15) is 9.59 Å². The summed E-state index contributed by atoms with van der Waals surface area (Å²) in [6.07, 6.45) is 0.220. The van der Waals surface area contributed by atoms with Gasteiger partial charge in [0.25, 0.3) is 5.91 Å². The van der Waals surface area contributed by atoms with Gasteiger partial charge in [-0.15, -0.1) is 11.3 Å². The smallest absolute Gasteiger partial charge is 0.260 e. The minimum Gasteiger partial charge on any atom is -0.497 e. The average molecular weight is 290 g/mol. The molecule has 0 bridgehead atoms. The van der Waals surface area contributed by atoms with E-state index in [-0.39, 0.29) is 12.3 Å². The summed E-state index contributed by atoms with van der Waals surface area (Å²) in [7, 11) is 1.59. The van der Waals surface area contributed by atoms with Crippen molar-refractivity contribution in [3.8, 4) is 5.75 Å². The van der Waals surface area contributed by atoms with Crippen LogP contribution in [-0.4, -0.2) is 18.9 Å². The lowest BCUT2D eigenvalue weighted by Crippen LogP contribution is -2.17. The third-order valence-corrected chi connectivity index (χ3v) is 3.62. The van der Waals surface area contributed by atoms with Gasteiger partial charge in [0.05, 0.1) is 19.2 Å². The summed E-state index contributed by atoms with van der Waals surface area (Å²) in [5, 5.41) is 4.40. The van der Waals surface area contributed by atoms with Crippen LogP contribution in [-0.2, 0) is 11.2 Å². The van der Waals surface area contributed by atoms with Gasteiger partial charge in [0.15, 0.2) is 0 Å². The number of rotatable bonds is 5. The van der Waals surface area contributed by atoms with Crippen molar-refractivity contribution in [3.05, 3.63) is 46.2 Å². The van der Waals surface area contributed by atoms with E-state index in [4.69, 9.17) is 10.5 Å². The number of nitrogens with two attached hydrogens (primary N) is 1. The highest BCUT2D eigenvalue weighted by molar-refractivity contribution is 7.12. The fourth-order valence-electron chi connectivity index (χ4n) is 1.72. The standard InChI is InChI=1S/C14H14N2O3S/c1-19-10-4-2-9(3-5-10)8-12(17)16-11-6-7-20-13(11)14(15)18/h2-7H,8H2,1H3,(H2,15,18)(H,16,17). The van der Waals surface area contributed by atoms with Crippen molar-refractivity contribution in [2.75, 3.05) is 12.4 Å². The molecular weight excluding hydrogens is 276 g/mol. The summed E-state index contributed by atoms with van der Waals surface area (Å²) in [5.74, 6) is -0.00109. The summed E-state index contributed by atoms with van der Waals surface area (Å²) in [5.41, 5.74) is 6.55. The molecule has 0 atom stereocenters. The number of amides is 2. The molecule has 2 amide bonds. The van der Waals surface area contributed by atoms with E-state index in [2.05, 4.69) is 5.32 Å². The molecule has 0 radical (unpaired) electrons. The van der Waals surface area contributed by atoms with Crippen molar-refractivity contribution in [1.82, 2.24) is 0 Å². The van der Waals surface area contributed by atoms with Crippen molar-refractivity contribution < 1.29 is 14.3 Å². The van der Waals surface area contributed by atoms with Gasteiger partial charge in [-0.25, -0.2) is 0 Å². The highest BCUT2D eigenvalue weighted by Gasteiger charge is 2.12. The van der Waals surface area contributed by atoms with Crippen LogP contribution in [0, 0.1) is 0 Å². The summed E-state index contributed by atoms with van der Waals surface area (Å²) >= 11 is 1.21. The summed E-state index contributed by atoms with van der Waals surface area (Å²) in [6.45, 7) is 0. The van der Waals surface area contributed by atoms with E-state index in [1.54, 1.807) is 30.7 Å². The monoisotopic (exact) mass is 290 g/mol. The van der Waals surface area contributed by atoms with E-state index in [0.717, 1.165) is 11.3 Å². The Labute approximate surface area is 120 Å². The van der Waals surface area contributed by atoms with Gasteiger partial charge in [-0.2, -0.15) is 0 Å². The normalized spacial score (nSPS) is 10.1. The van der Waals surface area contributed by atoms with Crippen LogP contribution in [0.25, 0.3) is 0 Å². The number of carbonyl (C=O) groups is 2. The first-order valence-corrected chi connectivity index (χ1v) is 6.78. The first-order valence-electron chi connectivity index (χ1n) is 5.90. The number of anilines is 1. The number of nitrogens with one attached hydrogen (secondary N) is 1. The molecule has 2 aromatic rings. The molecule has 1 aromatic carbocycles. The number of hydrogen-bond acceptors (Lipinski definition) is 4. The number of hydrogen-bond donors (Lipinski definition) is 2. The minimum absolute atomic E-state index is 0.198. The van der Waals surface area contributed by atoms with Crippen LogP contribution in [0.2, 0.25) is 0 Å². The zero-order chi connectivity index (χ0) is 14.5. The Morgan fingerprint density at radius 2 is 1.95 bits per heavy atom. The lowest BCUT2D eigenvalue weighted by molar-refractivity contribution is -0.115. The van der Waals surface area contributed by atoms with E-state index in [1.807, 2.05) is 12.1 Å². The zero-order valence-corrected chi connectivity index (χ0v) is 11.7. The maximum absolute atomic E-state index is 11.9. The molecule has 0 aliphatic rings. The van der Waals surface area contributed by atoms with Gasteiger partial charge in [0.1, 0.15) is 10.6 Å². The molecule has 5 nitrogen and oxygen atoms in total. The van der Waals surface area contributed by atoms with Crippen LogP contribution in [0.1, 0.15) is 15.2 Å². The van der Waals surface area contributed by atoms with Crippen molar-refractivity contribution in [2.24, 2.45) is 5.73 Å². The highest BCUT2D eigenvalue weighted by atomic mass is 32.1. The molecular formula is C14H14N2O3S. The fourth-order valence-corrected chi connectivity index (χ4v) is 2.42. The predicted octanol–water partition coefficient (Wildman–Crippen LogP) is 2.04. The second-order valence-corrected chi connectivity index (χ2v) is 5.02. The summed E-state index contributed by atoms with van der Waals surface area (Å²) in [4.78, 5) is 23.4. The first kappa shape index (κ1) is 14.1. The van der Waals surface area contributed by atoms with Crippen molar-refractivity contribution in [3.63, 3.8) is 0 Å². The topological polar surface area (TPSA) is 81.4 Å². The molecule has 0 aliphatic heterocycles. The lowest BCUT2D eigenvalue weighted by Gasteiger charge is -2.06. The van der Waals surface area contributed by atoms with Gasteiger partial charge in [0.2, 0.25) is 5.91 Å². The molecule has 0 unspecified atom stereocenters. The largest absolute Gasteiger partial charge is 0.497 e. The van der Waals surface area contributed by atoms with Gasteiger partial charge < -0.3 is 15.8 Å². The van der Waals surface area contributed by atoms with Crippen LogP contribution < -0.4 is 15.8 Å². The molecule has 0 fully saturated rings. The molecule has 104 valence electrons. The van der Waals surface area contributed by atoms with E-state index in [0.29, 0.717) is 10.6 Å². The molecule has 0 saturated carbocycles. The number of benzene rings is 1. The molecule has 0 aliphatic carbocycles. The van der Waals surface area contributed by atoms with Crippen LogP contribution in [0.3, 0.4) is 0 Å². The molecule has 6 heteroatoms. The Balaban J connectivity index is 2.01. The second-order valence-electron chi connectivity index (χ2n) is 4.10. The maximum atomic E-state index is 11.9. The molecule has 2 rings (SSSR count). The second kappa shape index (κ2) is 6.21. The van der Waals surface area contributed by atoms with Crippen LogP contribution in [0.15, 0.2) is 35.7 Å². The summed E-state index contributed by atoms with van der Waals surface area (Å²) < 4.78 is 5.05. The molecule has 0 saturated heterocycles. The molecule has 3 N–H and O–H groups in total. The van der Waals surface area contributed by atoms with Gasteiger partial charge in [-0.3, -0.25) is 9.59 Å². The SMILES string of the molecule is COc1ccc(CC(=O)Nc2ccsc2C(N)=O)cc1. The number of primary amides is 1. The number of carbonyl (C=O) groups excluding carboxylic acids is 2. The van der Waals surface area contributed by atoms with Gasteiger partial charge in [-0.1, -0.05) is 12.1 Å². The Morgan fingerprint density at radius 3 is 2.55 bits per heavy atom. The summed E-state index contributed by atoms with van der Waals surface area (Å²) in [6, 6.07) is 8.89. The number of methoxy groups -OCH3 is 1. The maximum Gasteiger partial charge on any atom is 0.260 e. The predicted molar refractivity (Wildman–Crippen MR) is 78.2 cm³/mol. The fraction of sp³-hybridized carbons (Fsp3) is 0.143. The third kappa shape index (κ3) is 3.36. The first-order chi connectivity index (χ1) is 9.60. The van der Waals surface area contributed by atoms with Crippen molar-refractivity contribution in [2.45, 2.75) is 6.42 Å². The van der Waals surface area contributed by atoms with E-state index >= 15 is 0 Å². The van der Waals surface area contributed by atoms with Crippen LogP contribution in [0.4, 0.5) is 5.69 Å². The average Bonchev–Trinajstić information content (AvgIpc) is 2.87. The quantitative estimate of drug-likeness (QED) is 0.884. The molecule has 0 spiro atoms. The van der Waals surface area contributed by atoms with E-state index < -0.39 is 5.91 Å². The Kier molecular flexibility index (Phi) is 4.37. The number of thiophene rings is 1. The third-order valence-electron chi connectivity index (χ3n) is 2.69. The Bertz CT molecular complexity index is 620. The van der Waals surface area contributed by atoms with Gasteiger partial charge in [0, 0.05) is 0 Å². The van der Waals surface area contributed by atoms with Gasteiger partial charge >= 0.3 is 0 Å². The molecule has 20 heavy (non-hydrogen) atoms. The highest BCUT2D eigenvalue weighted by Crippen LogP contribution is 2.21. The minimum atomic E-state index is -0.542. The molecule has 1 aromatic heterocycles. The van der Waals surface area contributed by atoms with E-state index in [1.165, 1.54) is 11.3 Å². The Hall–Kier alpha value is -2.34. The number of ether oxygens (including phenoxy) is 1. The van der Waals surface area contributed by atoms with Crippen molar-refractivity contribution in [1.29, 1.82) is 0 Å². The zero-order valence-electron chi connectivity index (χ0n) is 10.9. The van der Waals surface area contributed by atoms with Crippen LogP contribution in [0.5, 0.6) is 5.75 Å². The molecule has 1 heterocycles.